The molecular weight excluding hydrogens is 285 g/mol. The summed E-state index contributed by atoms with van der Waals surface area (Å²) in [6, 6.07) is 0. The molecule has 0 aromatic rings. The highest BCUT2D eigenvalue weighted by Gasteiger charge is 2.40. The summed E-state index contributed by atoms with van der Waals surface area (Å²) < 4.78 is 36.1. The molecule has 2 fully saturated rings. The molecule has 3 atom stereocenters. The summed E-state index contributed by atoms with van der Waals surface area (Å²) in [5.74, 6) is 0.145. The number of amides is 2. The molecule has 7 heteroatoms. The Morgan fingerprint density at radius 1 is 1.24 bits per heavy atom. The fourth-order valence-corrected chi connectivity index (χ4v) is 3.50. The summed E-state index contributed by atoms with van der Waals surface area (Å²) in [6.07, 6.45) is -2.62. The number of hydrogen-bond acceptors (Lipinski definition) is 2. The SMILES string of the molecule is C[C@@H]1CCCC2CN(C(=O)CNC(=O)CC(F)(F)F)CC21. The van der Waals surface area contributed by atoms with Crippen molar-refractivity contribution in [1.82, 2.24) is 10.2 Å². The normalized spacial score (nSPS) is 29.1. The van der Waals surface area contributed by atoms with Crippen LogP contribution in [0.2, 0.25) is 0 Å². The van der Waals surface area contributed by atoms with E-state index in [0.29, 0.717) is 30.8 Å². The summed E-state index contributed by atoms with van der Waals surface area (Å²) in [5.41, 5.74) is 0. The van der Waals surface area contributed by atoms with Gasteiger partial charge < -0.3 is 10.2 Å². The Balaban J connectivity index is 1.78. The van der Waals surface area contributed by atoms with Crippen LogP contribution in [-0.2, 0) is 9.59 Å². The largest absolute Gasteiger partial charge is 0.397 e. The van der Waals surface area contributed by atoms with Crippen LogP contribution in [0.1, 0.15) is 32.6 Å². The quantitative estimate of drug-likeness (QED) is 0.866. The van der Waals surface area contributed by atoms with Crippen LogP contribution in [0.15, 0.2) is 0 Å². The molecule has 4 nitrogen and oxygen atoms in total. The predicted molar refractivity (Wildman–Crippen MR) is 70.3 cm³/mol. The third-order valence-corrected chi connectivity index (χ3v) is 4.61. The molecule has 2 unspecified atom stereocenters. The number of carbonyl (C=O) groups excluding carboxylic acids is 2. The van der Waals surface area contributed by atoms with Crippen LogP contribution in [0.3, 0.4) is 0 Å². The number of nitrogens with zero attached hydrogens (tertiary/aromatic N) is 1. The number of hydrogen-bond donors (Lipinski definition) is 1. The molecule has 120 valence electrons. The van der Waals surface area contributed by atoms with Crippen molar-refractivity contribution in [3.63, 3.8) is 0 Å². The van der Waals surface area contributed by atoms with E-state index in [1.807, 2.05) is 0 Å². The van der Waals surface area contributed by atoms with E-state index in [-0.39, 0.29) is 12.5 Å². The van der Waals surface area contributed by atoms with Gasteiger partial charge in [0.05, 0.1) is 6.54 Å². The standard InChI is InChI=1S/C14H21F3N2O2/c1-9-3-2-4-10-7-19(8-11(9)10)13(21)6-18-12(20)5-14(15,16)17/h9-11H,2-8H2,1H3,(H,18,20)/t9-,10?,11?/m1/s1. The van der Waals surface area contributed by atoms with Gasteiger partial charge in [0.1, 0.15) is 6.42 Å². The monoisotopic (exact) mass is 306 g/mol. The molecule has 1 N–H and O–H groups in total. The molecule has 1 aliphatic carbocycles. The second-order valence-electron chi connectivity index (χ2n) is 6.20. The summed E-state index contributed by atoms with van der Waals surface area (Å²) >= 11 is 0. The van der Waals surface area contributed by atoms with E-state index >= 15 is 0 Å². The first-order valence-electron chi connectivity index (χ1n) is 7.37. The number of fused-ring (bicyclic) bond motifs is 1. The van der Waals surface area contributed by atoms with Gasteiger partial charge in [-0.1, -0.05) is 19.8 Å². The lowest BCUT2D eigenvalue weighted by Crippen LogP contribution is -2.40. The highest BCUT2D eigenvalue weighted by Crippen LogP contribution is 2.39. The van der Waals surface area contributed by atoms with Crippen LogP contribution in [0.4, 0.5) is 13.2 Å². The Bertz CT molecular complexity index is 412. The number of halogens is 3. The van der Waals surface area contributed by atoms with E-state index in [2.05, 4.69) is 12.2 Å². The van der Waals surface area contributed by atoms with Crippen LogP contribution in [0.5, 0.6) is 0 Å². The maximum atomic E-state index is 12.0. The molecule has 1 aliphatic heterocycles. The van der Waals surface area contributed by atoms with Crippen molar-refractivity contribution in [3.8, 4) is 0 Å². The molecule has 2 aliphatic rings. The molecule has 0 aromatic heterocycles. The van der Waals surface area contributed by atoms with Crippen molar-refractivity contribution < 1.29 is 22.8 Å². The van der Waals surface area contributed by atoms with Crippen LogP contribution in [-0.4, -0.2) is 42.5 Å². The average Bonchev–Trinajstić information content (AvgIpc) is 2.79. The van der Waals surface area contributed by atoms with Gasteiger partial charge in [-0.3, -0.25) is 9.59 Å². The maximum absolute atomic E-state index is 12.0. The molecule has 0 radical (unpaired) electrons. The topological polar surface area (TPSA) is 49.4 Å². The van der Waals surface area contributed by atoms with E-state index in [9.17, 15) is 22.8 Å². The van der Waals surface area contributed by atoms with Gasteiger partial charge in [0.25, 0.3) is 0 Å². The van der Waals surface area contributed by atoms with E-state index in [1.54, 1.807) is 4.90 Å². The number of nitrogens with one attached hydrogen (secondary N) is 1. The van der Waals surface area contributed by atoms with Gasteiger partial charge in [0, 0.05) is 13.1 Å². The van der Waals surface area contributed by atoms with Gasteiger partial charge in [0.2, 0.25) is 11.8 Å². The van der Waals surface area contributed by atoms with Gasteiger partial charge in [-0.2, -0.15) is 13.2 Å². The lowest BCUT2D eigenvalue weighted by atomic mass is 9.75. The number of alkyl halides is 3. The smallest absolute Gasteiger partial charge is 0.347 e. The minimum absolute atomic E-state index is 0.285. The van der Waals surface area contributed by atoms with Gasteiger partial charge in [-0.25, -0.2) is 0 Å². The predicted octanol–water partition coefficient (Wildman–Crippen LogP) is 1.95. The zero-order valence-electron chi connectivity index (χ0n) is 12.1. The average molecular weight is 306 g/mol. The lowest BCUT2D eigenvalue weighted by molar-refractivity contribution is -0.154. The van der Waals surface area contributed by atoms with Gasteiger partial charge >= 0.3 is 6.18 Å². The van der Waals surface area contributed by atoms with Crippen molar-refractivity contribution in [2.45, 2.75) is 38.8 Å². The fraction of sp³-hybridized carbons (Fsp3) is 0.857. The van der Waals surface area contributed by atoms with Crippen LogP contribution >= 0.6 is 0 Å². The van der Waals surface area contributed by atoms with Crippen molar-refractivity contribution in [3.05, 3.63) is 0 Å². The minimum Gasteiger partial charge on any atom is -0.347 e. The second kappa shape index (κ2) is 6.23. The minimum atomic E-state index is -4.54. The summed E-state index contributed by atoms with van der Waals surface area (Å²) in [7, 11) is 0. The zero-order chi connectivity index (χ0) is 15.6. The first-order valence-corrected chi connectivity index (χ1v) is 7.37. The Morgan fingerprint density at radius 3 is 2.57 bits per heavy atom. The summed E-state index contributed by atoms with van der Waals surface area (Å²) in [6.45, 7) is 3.18. The molecular formula is C14H21F3N2O2. The van der Waals surface area contributed by atoms with Crippen LogP contribution in [0.25, 0.3) is 0 Å². The molecule has 1 saturated carbocycles. The van der Waals surface area contributed by atoms with Gasteiger partial charge in [0.15, 0.2) is 0 Å². The van der Waals surface area contributed by atoms with E-state index < -0.39 is 18.5 Å². The Kier molecular flexibility index (Phi) is 4.78. The third kappa shape index (κ3) is 4.35. The van der Waals surface area contributed by atoms with Gasteiger partial charge in [-0.05, 0) is 24.2 Å². The van der Waals surface area contributed by atoms with Gasteiger partial charge in [-0.15, -0.1) is 0 Å². The first kappa shape index (κ1) is 16.1. The Morgan fingerprint density at radius 2 is 1.95 bits per heavy atom. The zero-order valence-corrected chi connectivity index (χ0v) is 12.1. The molecule has 2 amide bonds. The Hall–Kier alpha value is -1.27. The number of likely N-dealkylation sites (tertiary alicyclic amines) is 1. The van der Waals surface area contributed by atoms with Crippen molar-refractivity contribution >= 4 is 11.8 Å². The van der Waals surface area contributed by atoms with Crippen LogP contribution in [0, 0.1) is 17.8 Å². The molecule has 0 aromatic carbocycles. The van der Waals surface area contributed by atoms with Crippen molar-refractivity contribution in [1.29, 1.82) is 0 Å². The fourth-order valence-electron chi connectivity index (χ4n) is 3.50. The molecule has 1 heterocycles. The van der Waals surface area contributed by atoms with E-state index in [0.717, 1.165) is 6.42 Å². The van der Waals surface area contributed by atoms with Crippen molar-refractivity contribution in [2.24, 2.45) is 17.8 Å². The first-order chi connectivity index (χ1) is 9.76. The molecule has 2 rings (SSSR count). The lowest BCUT2D eigenvalue weighted by Gasteiger charge is -2.29. The third-order valence-electron chi connectivity index (χ3n) is 4.61. The summed E-state index contributed by atoms with van der Waals surface area (Å²) in [4.78, 5) is 24.8. The molecule has 1 saturated heterocycles. The highest BCUT2D eigenvalue weighted by molar-refractivity contribution is 5.85. The number of carbonyl (C=O) groups is 2. The Labute approximate surface area is 122 Å². The van der Waals surface area contributed by atoms with E-state index in [4.69, 9.17) is 0 Å². The maximum Gasteiger partial charge on any atom is 0.397 e. The number of rotatable bonds is 3. The highest BCUT2D eigenvalue weighted by atomic mass is 19.4. The van der Waals surface area contributed by atoms with E-state index in [1.165, 1.54) is 12.8 Å². The second-order valence-corrected chi connectivity index (χ2v) is 6.20. The van der Waals surface area contributed by atoms with Crippen LogP contribution < -0.4 is 5.32 Å². The molecule has 0 bridgehead atoms. The molecule has 21 heavy (non-hydrogen) atoms. The molecule has 0 spiro atoms. The summed E-state index contributed by atoms with van der Waals surface area (Å²) in [5, 5.41) is 2.06. The van der Waals surface area contributed by atoms with Crippen molar-refractivity contribution in [2.75, 3.05) is 19.6 Å².